The van der Waals surface area contributed by atoms with Gasteiger partial charge in [0.2, 0.25) is 0 Å². The molecule has 2 N–H and O–H groups in total. The van der Waals surface area contributed by atoms with Crippen LogP contribution >= 0.6 is 11.3 Å². The predicted octanol–water partition coefficient (Wildman–Crippen LogP) is 2.05. The monoisotopic (exact) mass is 313 g/mol. The summed E-state index contributed by atoms with van der Waals surface area (Å²) in [5.41, 5.74) is 6.50. The SMILES string of the molecule is CCCCN(C)c1sc(C(=O)N(C)C)c(N)c1C(=O)OC. The van der Waals surface area contributed by atoms with E-state index in [1.807, 2.05) is 11.9 Å². The molecule has 0 aromatic carbocycles. The molecule has 0 aliphatic carbocycles. The van der Waals surface area contributed by atoms with Gasteiger partial charge in [-0.3, -0.25) is 4.79 Å². The number of amides is 1. The number of unbranched alkanes of at least 4 members (excludes halogenated alkanes) is 1. The minimum absolute atomic E-state index is 0.198. The van der Waals surface area contributed by atoms with E-state index in [4.69, 9.17) is 10.5 Å². The van der Waals surface area contributed by atoms with Crippen molar-refractivity contribution in [1.82, 2.24) is 4.90 Å². The first-order valence-corrected chi connectivity index (χ1v) is 7.60. The molecule has 0 fully saturated rings. The lowest BCUT2D eigenvalue weighted by atomic mass is 10.2. The summed E-state index contributed by atoms with van der Waals surface area (Å²) in [4.78, 5) is 27.9. The van der Waals surface area contributed by atoms with Gasteiger partial charge in [-0.25, -0.2) is 4.79 Å². The van der Waals surface area contributed by atoms with Crippen LogP contribution in [-0.2, 0) is 4.74 Å². The zero-order valence-corrected chi connectivity index (χ0v) is 14.0. The van der Waals surface area contributed by atoms with Gasteiger partial charge in [0.25, 0.3) is 5.91 Å². The van der Waals surface area contributed by atoms with Crippen LogP contribution in [0.2, 0.25) is 0 Å². The number of nitrogen functional groups attached to an aromatic ring is 1. The maximum atomic E-state index is 12.2. The molecular formula is C14H23N3O3S. The third kappa shape index (κ3) is 3.66. The molecule has 0 radical (unpaired) electrons. The highest BCUT2D eigenvalue weighted by molar-refractivity contribution is 7.19. The van der Waals surface area contributed by atoms with Crippen molar-refractivity contribution in [2.24, 2.45) is 0 Å². The molecule has 1 amide bonds. The van der Waals surface area contributed by atoms with Crippen molar-refractivity contribution in [3.8, 4) is 0 Å². The summed E-state index contributed by atoms with van der Waals surface area (Å²) in [5.74, 6) is -0.724. The average Bonchev–Trinajstić information content (AvgIpc) is 2.80. The van der Waals surface area contributed by atoms with E-state index >= 15 is 0 Å². The highest BCUT2D eigenvalue weighted by Gasteiger charge is 2.28. The lowest BCUT2D eigenvalue weighted by Gasteiger charge is -2.18. The largest absolute Gasteiger partial charge is 0.465 e. The number of nitrogens with zero attached hydrogens (tertiary/aromatic N) is 2. The standard InChI is InChI=1S/C14H23N3O3S/c1-6-7-8-17(4)13-9(14(19)20-5)10(15)11(21-13)12(18)16(2)3/h6-8,15H2,1-5H3. The van der Waals surface area contributed by atoms with Crippen molar-refractivity contribution in [1.29, 1.82) is 0 Å². The molecule has 0 saturated heterocycles. The van der Waals surface area contributed by atoms with Crippen molar-refractivity contribution in [2.75, 3.05) is 45.4 Å². The van der Waals surface area contributed by atoms with Gasteiger partial charge < -0.3 is 20.3 Å². The molecule has 1 aromatic rings. The second kappa shape index (κ2) is 7.31. The van der Waals surface area contributed by atoms with Gasteiger partial charge in [-0.1, -0.05) is 13.3 Å². The van der Waals surface area contributed by atoms with Crippen LogP contribution in [0.1, 0.15) is 39.8 Å². The number of carbonyl (C=O) groups is 2. The summed E-state index contributed by atoms with van der Waals surface area (Å²) in [6.45, 7) is 2.88. The van der Waals surface area contributed by atoms with Gasteiger partial charge in [0.15, 0.2) is 0 Å². The van der Waals surface area contributed by atoms with Gasteiger partial charge in [0.1, 0.15) is 15.4 Å². The second-order valence-electron chi connectivity index (χ2n) is 4.99. The number of nitrogens with two attached hydrogens (primary N) is 1. The van der Waals surface area contributed by atoms with Gasteiger partial charge in [0, 0.05) is 27.7 Å². The molecule has 0 unspecified atom stereocenters. The fourth-order valence-electron chi connectivity index (χ4n) is 1.86. The van der Waals surface area contributed by atoms with Gasteiger partial charge >= 0.3 is 5.97 Å². The van der Waals surface area contributed by atoms with E-state index in [2.05, 4.69) is 6.92 Å². The lowest BCUT2D eigenvalue weighted by molar-refractivity contribution is 0.0603. The van der Waals surface area contributed by atoms with E-state index in [0.717, 1.165) is 19.4 Å². The smallest absolute Gasteiger partial charge is 0.343 e. The first-order valence-electron chi connectivity index (χ1n) is 6.78. The Balaban J connectivity index is 3.31. The number of carbonyl (C=O) groups excluding carboxylic acids is 2. The minimum Gasteiger partial charge on any atom is -0.465 e. The van der Waals surface area contributed by atoms with Gasteiger partial charge in [-0.05, 0) is 6.42 Å². The number of methoxy groups -OCH3 is 1. The summed E-state index contributed by atoms with van der Waals surface area (Å²) in [6.07, 6.45) is 2.04. The third-order valence-corrected chi connectivity index (χ3v) is 4.42. The van der Waals surface area contributed by atoms with Crippen molar-refractivity contribution < 1.29 is 14.3 Å². The number of thiophene rings is 1. The highest BCUT2D eigenvalue weighted by atomic mass is 32.1. The Bertz CT molecular complexity index is 526. The molecule has 6 nitrogen and oxygen atoms in total. The summed E-state index contributed by atoms with van der Waals surface area (Å²) in [5, 5.41) is 0.679. The van der Waals surface area contributed by atoms with Crippen molar-refractivity contribution >= 4 is 33.9 Å². The molecule has 118 valence electrons. The van der Waals surface area contributed by atoms with Crippen molar-refractivity contribution in [3.05, 3.63) is 10.4 Å². The van der Waals surface area contributed by atoms with Crippen LogP contribution in [-0.4, -0.2) is 51.6 Å². The molecule has 0 aliphatic rings. The zero-order valence-electron chi connectivity index (χ0n) is 13.2. The van der Waals surface area contributed by atoms with Crippen LogP contribution in [0.25, 0.3) is 0 Å². The Hall–Kier alpha value is -1.76. The molecule has 1 heterocycles. The molecule has 0 spiro atoms. The Morgan fingerprint density at radius 1 is 1.29 bits per heavy atom. The molecular weight excluding hydrogens is 290 g/mol. The number of hydrogen-bond acceptors (Lipinski definition) is 6. The Morgan fingerprint density at radius 3 is 2.38 bits per heavy atom. The molecule has 21 heavy (non-hydrogen) atoms. The third-order valence-electron chi connectivity index (χ3n) is 3.11. The van der Waals surface area contributed by atoms with E-state index in [0.29, 0.717) is 9.88 Å². The lowest BCUT2D eigenvalue weighted by Crippen LogP contribution is -2.21. The number of hydrogen-bond donors (Lipinski definition) is 1. The summed E-state index contributed by atoms with van der Waals surface area (Å²) in [6, 6.07) is 0. The molecule has 0 aliphatic heterocycles. The quantitative estimate of drug-likeness (QED) is 0.814. The Morgan fingerprint density at radius 2 is 1.90 bits per heavy atom. The first-order chi connectivity index (χ1) is 9.84. The fourth-order valence-corrected chi connectivity index (χ4v) is 3.08. The van der Waals surface area contributed by atoms with Crippen molar-refractivity contribution in [2.45, 2.75) is 19.8 Å². The van der Waals surface area contributed by atoms with Gasteiger partial charge in [-0.15, -0.1) is 11.3 Å². The van der Waals surface area contributed by atoms with Crippen molar-refractivity contribution in [3.63, 3.8) is 0 Å². The van der Waals surface area contributed by atoms with E-state index < -0.39 is 5.97 Å². The highest BCUT2D eigenvalue weighted by Crippen LogP contribution is 2.38. The van der Waals surface area contributed by atoms with Crippen LogP contribution in [0.3, 0.4) is 0 Å². The number of anilines is 2. The van der Waals surface area contributed by atoms with E-state index in [9.17, 15) is 9.59 Å². The Kier molecular flexibility index (Phi) is 6.02. The number of rotatable bonds is 6. The molecule has 0 bridgehead atoms. The van der Waals surface area contributed by atoms with Crippen LogP contribution < -0.4 is 10.6 Å². The maximum absolute atomic E-state index is 12.2. The molecule has 1 rings (SSSR count). The summed E-state index contributed by atoms with van der Waals surface area (Å²) < 4.78 is 4.80. The average molecular weight is 313 g/mol. The fraction of sp³-hybridized carbons (Fsp3) is 0.571. The minimum atomic E-state index is -0.514. The second-order valence-corrected chi connectivity index (χ2v) is 5.99. The van der Waals surface area contributed by atoms with Crippen LogP contribution in [0, 0.1) is 0 Å². The normalized spacial score (nSPS) is 10.3. The molecule has 1 aromatic heterocycles. The van der Waals surface area contributed by atoms with Gasteiger partial charge in [0.05, 0.1) is 12.8 Å². The topological polar surface area (TPSA) is 75.9 Å². The van der Waals surface area contributed by atoms with Crippen LogP contribution in [0.5, 0.6) is 0 Å². The molecule has 0 atom stereocenters. The first kappa shape index (κ1) is 17.3. The van der Waals surface area contributed by atoms with E-state index in [-0.39, 0.29) is 17.2 Å². The summed E-state index contributed by atoms with van der Waals surface area (Å²) >= 11 is 1.23. The van der Waals surface area contributed by atoms with Gasteiger partial charge in [-0.2, -0.15) is 0 Å². The number of ether oxygens (including phenoxy) is 1. The number of esters is 1. The zero-order chi connectivity index (χ0) is 16.2. The van der Waals surface area contributed by atoms with Crippen LogP contribution in [0.15, 0.2) is 0 Å². The molecule has 7 heteroatoms. The van der Waals surface area contributed by atoms with Crippen LogP contribution in [0.4, 0.5) is 10.7 Å². The predicted molar refractivity (Wildman–Crippen MR) is 86.3 cm³/mol. The van der Waals surface area contributed by atoms with E-state index in [1.165, 1.54) is 23.3 Å². The Labute approximate surface area is 129 Å². The maximum Gasteiger partial charge on any atom is 0.343 e. The van der Waals surface area contributed by atoms with E-state index in [1.54, 1.807) is 14.1 Å². The molecule has 0 saturated carbocycles. The summed E-state index contributed by atoms with van der Waals surface area (Å²) in [7, 11) is 6.50.